The fourth-order valence-electron chi connectivity index (χ4n) is 2.31. The number of aliphatic hydroxyl groups excluding tert-OH is 1. The number of imidazole rings is 1. The van der Waals surface area contributed by atoms with E-state index in [1.807, 2.05) is 10.6 Å². The quantitative estimate of drug-likeness (QED) is 0.731. The number of nitrogens with zero attached hydrogens (tertiary/aromatic N) is 2. The Morgan fingerprint density at radius 1 is 1.24 bits per heavy atom. The van der Waals surface area contributed by atoms with Gasteiger partial charge in [0.15, 0.2) is 0 Å². The summed E-state index contributed by atoms with van der Waals surface area (Å²) in [6, 6.07) is 9.93. The summed E-state index contributed by atoms with van der Waals surface area (Å²) in [6.45, 7) is 0.250. The van der Waals surface area contributed by atoms with Crippen LogP contribution in [0.1, 0.15) is 11.4 Å². The van der Waals surface area contributed by atoms with E-state index in [1.54, 1.807) is 24.3 Å². The highest BCUT2D eigenvalue weighted by atomic mass is 35.5. The third kappa shape index (κ3) is 2.57. The summed E-state index contributed by atoms with van der Waals surface area (Å²) in [5.41, 5.74) is 8.75. The molecule has 0 atom stereocenters. The molecule has 0 saturated carbocycles. The number of fused-ring (bicyclic) bond motifs is 1. The molecule has 0 radical (unpaired) electrons. The Bertz CT molecular complexity index is 816. The lowest BCUT2D eigenvalue weighted by Gasteiger charge is -2.09. The van der Waals surface area contributed by atoms with Crippen LogP contribution >= 0.6 is 11.6 Å². The highest BCUT2D eigenvalue weighted by molar-refractivity contribution is 6.30. The average molecular weight is 306 g/mol. The molecule has 0 aliphatic carbocycles. The first-order chi connectivity index (χ1) is 10.1. The largest absolute Gasteiger partial charge is 0.399 e. The fraction of sp³-hybridized carbons (Fsp3) is 0.133. The first-order valence-electron chi connectivity index (χ1n) is 6.38. The third-order valence-corrected chi connectivity index (χ3v) is 3.61. The molecule has 0 aliphatic rings. The number of nitrogen functional groups attached to an aromatic ring is 1. The maximum Gasteiger partial charge on any atom is 0.141 e. The van der Waals surface area contributed by atoms with E-state index in [0.717, 1.165) is 11.1 Å². The molecule has 0 unspecified atom stereocenters. The first kappa shape index (κ1) is 13.9. The molecule has 6 heteroatoms. The van der Waals surface area contributed by atoms with Crippen LogP contribution in [0, 0.1) is 5.82 Å². The van der Waals surface area contributed by atoms with Crippen LogP contribution in [0.3, 0.4) is 0 Å². The van der Waals surface area contributed by atoms with Gasteiger partial charge in [0.2, 0.25) is 0 Å². The van der Waals surface area contributed by atoms with Crippen molar-refractivity contribution in [3.63, 3.8) is 0 Å². The van der Waals surface area contributed by atoms with E-state index >= 15 is 0 Å². The van der Waals surface area contributed by atoms with Crippen LogP contribution in [-0.2, 0) is 13.2 Å². The average Bonchev–Trinajstić information content (AvgIpc) is 2.80. The van der Waals surface area contributed by atoms with Crippen LogP contribution in [0.15, 0.2) is 36.4 Å². The summed E-state index contributed by atoms with van der Waals surface area (Å²) in [4.78, 5) is 4.35. The lowest BCUT2D eigenvalue weighted by Crippen LogP contribution is -2.05. The van der Waals surface area contributed by atoms with Crippen molar-refractivity contribution in [2.75, 3.05) is 5.73 Å². The summed E-state index contributed by atoms with van der Waals surface area (Å²) in [7, 11) is 0. The van der Waals surface area contributed by atoms with Gasteiger partial charge in [-0.2, -0.15) is 0 Å². The van der Waals surface area contributed by atoms with Gasteiger partial charge in [0.25, 0.3) is 0 Å². The Morgan fingerprint density at radius 2 is 2.05 bits per heavy atom. The minimum Gasteiger partial charge on any atom is -0.399 e. The number of anilines is 1. The van der Waals surface area contributed by atoms with E-state index in [2.05, 4.69) is 4.98 Å². The summed E-state index contributed by atoms with van der Waals surface area (Å²) in [5, 5.41) is 9.54. The van der Waals surface area contributed by atoms with Gasteiger partial charge in [-0.1, -0.05) is 17.7 Å². The number of aromatic nitrogens is 2. The third-order valence-electron chi connectivity index (χ3n) is 3.32. The second kappa shape index (κ2) is 5.35. The summed E-state index contributed by atoms with van der Waals surface area (Å²) in [6.07, 6.45) is 0. The minimum absolute atomic E-state index is 0.0757. The molecular formula is C15H13ClFN3O. The molecular weight excluding hydrogens is 293 g/mol. The zero-order valence-electron chi connectivity index (χ0n) is 11.1. The molecule has 0 spiro atoms. The van der Waals surface area contributed by atoms with Gasteiger partial charge in [0, 0.05) is 12.2 Å². The summed E-state index contributed by atoms with van der Waals surface area (Å²) >= 11 is 5.80. The number of benzene rings is 2. The van der Waals surface area contributed by atoms with Gasteiger partial charge >= 0.3 is 0 Å². The maximum atomic E-state index is 13.2. The molecule has 0 saturated heterocycles. The molecule has 0 bridgehead atoms. The SMILES string of the molecule is Nc1ccc2c(c1)nc(CO)n2Cc1ccc(F)c(Cl)c1. The van der Waals surface area contributed by atoms with Crippen molar-refractivity contribution in [3.8, 4) is 0 Å². The molecule has 21 heavy (non-hydrogen) atoms. The van der Waals surface area contributed by atoms with Gasteiger partial charge in [-0.15, -0.1) is 0 Å². The standard InChI is InChI=1S/C15H13ClFN3O/c16-11-5-9(1-3-12(11)17)7-20-14-4-2-10(18)6-13(14)19-15(20)8-21/h1-6,21H,7-8,18H2. The monoisotopic (exact) mass is 305 g/mol. The summed E-state index contributed by atoms with van der Waals surface area (Å²) in [5.74, 6) is 0.0714. The molecule has 3 N–H and O–H groups in total. The van der Waals surface area contributed by atoms with Crippen molar-refractivity contribution in [2.24, 2.45) is 0 Å². The van der Waals surface area contributed by atoms with Crippen LogP contribution < -0.4 is 5.73 Å². The van der Waals surface area contributed by atoms with Crippen molar-refractivity contribution < 1.29 is 9.50 Å². The molecule has 1 aromatic heterocycles. The lowest BCUT2D eigenvalue weighted by atomic mass is 10.2. The number of hydrogen-bond acceptors (Lipinski definition) is 3. The lowest BCUT2D eigenvalue weighted by molar-refractivity contribution is 0.267. The van der Waals surface area contributed by atoms with E-state index < -0.39 is 5.82 Å². The highest BCUT2D eigenvalue weighted by Gasteiger charge is 2.11. The van der Waals surface area contributed by atoms with Crippen molar-refractivity contribution >= 4 is 28.3 Å². The Balaban J connectivity index is 2.08. The molecule has 108 valence electrons. The smallest absolute Gasteiger partial charge is 0.141 e. The number of aliphatic hydroxyl groups is 1. The van der Waals surface area contributed by atoms with Gasteiger partial charge in [-0.05, 0) is 35.9 Å². The van der Waals surface area contributed by atoms with E-state index in [0.29, 0.717) is 23.6 Å². The summed E-state index contributed by atoms with van der Waals surface area (Å²) < 4.78 is 15.1. The zero-order chi connectivity index (χ0) is 15.0. The predicted octanol–water partition coefficient (Wildman–Crippen LogP) is 2.95. The Morgan fingerprint density at radius 3 is 2.76 bits per heavy atom. The van der Waals surface area contributed by atoms with Crippen molar-refractivity contribution in [1.82, 2.24) is 9.55 Å². The van der Waals surface area contributed by atoms with Gasteiger partial charge < -0.3 is 15.4 Å². The van der Waals surface area contributed by atoms with Gasteiger partial charge in [-0.3, -0.25) is 0 Å². The minimum atomic E-state index is -0.453. The van der Waals surface area contributed by atoms with E-state index in [9.17, 15) is 9.50 Å². The van der Waals surface area contributed by atoms with Gasteiger partial charge in [0.05, 0.1) is 16.1 Å². The number of rotatable bonds is 3. The molecule has 3 rings (SSSR count). The van der Waals surface area contributed by atoms with Crippen LogP contribution in [0.4, 0.5) is 10.1 Å². The van der Waals surface area contributed by atoms with Crippen LogP contribution in [0.2, 0.25) is 5.02 Å². The normalized spacial score (nSPS) is 11.2. The van der Waals surface area contributed by atoms with E-state index in [-0.39, 0.29) is 11.6 Å². The number of hydrogen-bond donors (Lipinski definition) is 2. The van der Waals surface area contributed by atoms with E-state index in [1.165, 1.54) is 6.07 Å². The maximum absolute atomic E-state index is 13.2. The van der Waals surface area contributed by atoms with Gasteiger partial charge in [0.1, 0.15) is 18.2 Å². The Hall–Kier alpha value is -2.11. The Kier molecular flexibility index (Phi) is 3.53. The second-order valence-corrected chi connectivity index (χ2v) is 5.18. The molecule has 0 amide bonds. The molecule has 4 nitrogen and oxygen atoms in total. The Labute approximate surface area is 125 Å². The molecule has 3 aromatic rings. The molecule has 0 aliphatic heterocycles. The second-order valence-electron chi connectivity index (χ2n) is 4.77. The topological polar surface area (TPSA) is 64.1 Å². The van der Waals surface area contributed by atoms with Crippen LogP contribution in [0.25, 0.3) is 11.0 Å². The molecule has 0 fully saturated rings. The van der Waals surface area contributed by atoms with E-state index in [4.69, 9.17) is 17.3 Å². The fourth-order valence-corrected chi connectivity index (χ4v) is 2.52. The van der Waals surface area contributed by atoms with Crippen LogP contribution in [0.5, 0.6) is 0 Å². The van der Waals surface area contributed by atoms with Crippen molar-refractivity contribution in [1.29, 1.82) is 0 Å². The van der Waals surface area contributed by atoms with Crippen molar-refractivity contribution in [2.45, 2.75) is 13.2 Å². The van der Waals surface area contributed by atoms with Gasteiger partial charge in [-0.25, -0.2) is 9.37 Å². The number of nitrogens with two attached hydrogens (primary N) is 1. The first-order valence-corrected chi connectivity index (χ1v) is 6.75. The predicted molar refractivity (Wildman–Crippen MR) is 80.6 cm³/mol. The van der Waals surface area contributed by atoms with Crippen molar-refractivity contribution in [3.05, 3.63) is 58.6 Å². The molecule has 2 aromatic carbocycles. The zero-order valence-corrected chi connectivity index (χ0v) is 11.8. The van der Waals surface area contributed by atoms with Crippen LogP contribution in [-0.4, -0.2) is 14.7 Å². The highest BCUT2D eigenvalue weighted by Crippen LogP contribution is 2.22. The number of halogens is 2. The molecule has 1 heterocycles.